The quantitative estimate of drug-likeness (QED) is 0.174. The first-order chi connectivity index (χ1) is 26.0. The van der Waals surface area contributed by atoms with Crippen molar-refractivity contribution in [1.82, 2.24) is 0 Å². The first kappa shape index (κ1) is 36.0. The second-order valence-electron chi connectivity index (χ2n) is 18.1. The van der Waals surface area contributed by atoms with E-state index in [4.69, 9.17) is 13.6 Å². The van der Waals surface area contributed by atoms with Crippen molar-refractivity contribution >= 4 is 7.82 Å². The van der Waals surface area contributed by atoms with Crippen LogP contribution in [0.5, 0.6) is 17.2 Å². The highest BCUT2D eigenvalue weighted by Gasteiger charge is 2.36. The second-order valence-corrected chi connectivity index (χ2v) is 19.6. The fourth-order valence-corrected chi connectivity index (χ4v) is 12.7. The average molecular weight is 735 g/mol. The van der Waals surface area contributed by atoms with E-state index in [0.29, 0.717) is 52.8 Å². The molecule has 0 unspecified atom stereocenters. The lowest BCUT2D eigenvalue weighted by Crippen LogP contribution is -2.10. The zero-order chi connectivity index (χ0) is 35.6. The third-order valence-electron chi connectivity index (χ3n) is 14.5. The van der Waals surface area contributed by atoms with Gasteiger partial charge in [0.05, 0.1) is 0 Å². The monoisotopic (exact) mass is 734 g/mol. The third kappa shape index (κ3) is 8.44. The van der Waals surface area contributed by atoms with Crippen LogP contribution in [0.1, 0.15) is 223 Å². The van der Waals surface area contributed by atoms with Gasteiger partial charge in [-0.2, -0.15) is 4.57 Å². The Hall–Kier alpha value is -2.71. The second kappa shape index (κ2) is 16.2. The summed E-state index contributed by atoms with van der Waals surface area (Å²) in [6, 6.07) is 20.4. The van der Waals surface area contributed by atoms with Gasteiger partial charge in [-0.3, -0.25) is 0 Å². The van der Waals surface area contributed by atoms with E-state index in [2.05, 4.69) is 54.6 Å². The standard InChI is InChI=1S/C48H63O4P/c49-53(50-46-28-40(34-13-1-2-14-34)25-41(29-46)35-15-3-4-16-35,51-47-30-42(36-17-5-6-18-36)26-43(31-47)37-19-7-8-20-37)52-48-32-44(38-21-9-10-22-38)27-45(33-48)39-23-11-12-24-39/h25-39H,1-24H2. The van der Waals surface area contributed by atoms with Gasteiger partial charge in [0, 0.05) is 0 Å². The Morgan fingerprint density at radius 2 is 0.472 bits per heavy atom. The Balaban J connectivity index is 1.11. The smallest absolute Gasteiger partial charge is 0.386 e. The molecule has 4 nitrogen and oxygen atoms in total. The molecule has 6 fully saturated rings. The lowest BCUT2D eigenvalue weighted by molar-refractivity contribution is 0.297. The van der Waals surface area contributed by atoms with E-state index in [1.807, 2.05) is 0 Å². The molecule has 3 aromatic carbocycles. The molecule has 0 aliphatic heterocycles. The van der Waals surface area contributed by atoms with Crippen LogP contribution in [0.25, 0.3) is 0 Å². The summed E-state index contributed by atoms with van der Waals surface area (Å²) in [7, 11) is -4.19. The van der Waals surface area contributed by atoms with Crippen LogP contribution in [0.3, 0.4) is 0 Å². The molecule has 6 aliphatic rings. The van der Waals surface area contributed by atoms with Crippen molar-refractivity contribution in [3.63, 3.8) is 0 Å². The van der Waals surface area contributed by atoms with Crippen LogP contribution in [0.4, 0.5) is 0 Å². The molecule has 0 spiro atoms. The minimum atomic E-state index is -4.19. The van der Waals surface area contributed by atoms with Crippen LogP contribution in [-0.4, -0.2) is 0 Å². The molecule has 284 valence electrons. The van der Waals surface area contributed by atoms with E-state index in [9.17, 15) is 0 Å². The Labute approximate surface area is 319 Å². The van der Waals surface area contributed by atoms with E-state index in [0.717, 1.165) is 0 Å². The zero-order valence-corrected chi connectivity index (χ0v) is 33.1. The summed E-state index contributed by atoms with van der Waals surface area (Å²) in [5, 5.41) is 0. The van der Waals surface area contributed by atoms with Gasteiger partial charge in [-0.05, 0) is 182 Å². The highest BCUT2D eigenvalue weighted by Crippen LogP contribution is 2.54. The Kier molecular flexibility index (Phi) is 11.0. The predicted octanol–water partition coefficient (Wildman–Crippen LogP) is 15.3. The molecule has 0 aromatic heterocycles. The summed E-state index contributed by atoms with van der Waals surface area (Å²) < 4.78 is 36.0. The van der Waals surface area contributed by atoms with Crippen LogP contribution in [0.2, 0.25) is 0 Å². The van der Waals surface area contributed by atoms with Crippen LogP contribution in [0.15, 0.2) is 54.6 Å². The van der Waals surface area contributed by atoms with Gasteiger partial charge in [0.15, 0.2) is 0 Å². The summed E-state index contributed by atoms with van der Waals surface area (Å²) in [6.45, 7) is 0. The summed E-state index contributed by atoms with van der Waals surface area (Å²) in [6.07, 6.45) is 29.9. The highest BCUT2D eigenvalue weighted by atomic mass is 31.2. The van der Waals surface area contributed by atoms with Crippen molar-refractivity contribution in [1.29, 1.82) is 0 Å². The van der Waals surface area contributed by atoms with Crippen molar-refractivity contribution in [2.24, 2.45) is 0 Å². The van der Waals surface area contributed by atoms with E-state index < -0.39 is 7.82 Å². The Bertz CT molecular complexity index is 1440. The normalized spacial score (nSPS) is 22.8. The minimum absolute atomic E-state index is 0.536. The molecular formula is C48H63O4P. The molecule has 0 radical (unpaired) electrons. The number of phosphoric ester groups is 1. The van der Waals surface area contributed by atoms with Crippen molar-refractivity contribution < 1.29 is 18.1 Å². The molecule has 0 heterocycles. The molecule has 53 heavy (non-hydrogen) atoms. The van der Waals surface area contributed by atoms with Gasteiger partial charge in [-0.1, -0.05) is 95.2 Å². The zero-order valence-electron chi connectivity index (χ0n) is 32.2. The fourth-order valence-electron chi connectivity index (χ4n) is 11.5. The molecule has 6 saturated carbocycles. The maximum absolute atomic E-state index is 15.7. The van der Waals surface area contributed by atoms with E-state index in [1.165, 1.54) is 187 Å². The maximum atomic E-state index is 15.7. The molecule has 0 atom stereocenters. The van der Waals surface area contributed by atoms with Crippen molar-refractivity contribution in [2.75, 3.05) is 0 Å². The van der Waals surface area contributed by atoms with E-state index >= 15 is 4.57 Å². The number of benzene rings is 3. The molecule has 5 heteroatoms. The van der Waals surface area contributed by atoms with Gasteiger partial charge in [0.2, 0.25) is 0 Å². The van der Waals surface area contributed by atoms with Gasteiger partial charge >= 0.3 is 7.82 Å². The van der Waals surface area contributed by atoms with Gasteiger partial charge < -0.3 is 13.6 Å². The Morgan fingerprint density at radius 1 is 0.302 bits per heavy atom. The topological polar surface area (TPSA) is 44.8 Å². The van der Waals surface area contributed by atoms with Gasteiger partial charge in [-0.15, -0.1) is 0 Å². The molecular weight excluding hydrogens is 671 g/mol. The van der Waals surface area contributed by atoms with Gasteiger partial charge in [0.25, 0.3) is 0 Å². The molecule has 0 saturated heterocycles. The summed E-state index contributed by atoms with van der Waals surface area (Å²) >= 11 is 0. The van der Waals surface area contributed by atoms with Crippen LogP contribution in [0, 0.1) is 0 Å². The maximum Gasteiger partial charge on any atom is 0.647 e. The van der Waals surface area contributed by atoms with Crippen LogP contribution >= 0.6 is 7.82 Å². The molecule has 6 aliphatic carbocycles. The summed E-state index contributed by atoms with van der Waals surface area (Å²) in [4.78, 5) is 0. The number of hydrogen-bond acceptors (Lipinski definition) is 4. The SMILES string of the molecule is O=P(Oc1cc(C2CCCC2)cc(C2CCCC2)c1)(Oc1cc(C2CCCC2)cc(C2CCCC2)c1)Oc1cc(C2CCCC2)cc(C2CCCC2)c1. The lowest BCUT2D eigenvalue weighted by atomic mass is 9.90. The van der Waals surface area contributed by atoms with E-state index in [-0.39, 0.29) is 0 Å². The van der Waals surface area contributed by atoms with Crippen molar-refractivity contribution in [3.8, 4) is 17.2 Å². The van der Waals surface area contributed by atoms with Gasteiger partial charge in [-0.25, -0.2) is 0 Å². The van der Waals surface area contributed by atoms with Crippen LogP contribution < -0.4 is 13.6 Å². The first-order valence-electron chi connectivity index (χ1n) is 22.2. The van der Waals surface area contributed by atoms with Crippen molar-refractivity contribution in [2.45, 2.75) is 190 Å². The largest absolute Gasteiger partial charge is 0.647 e. The summed E-state index contributed by atoms with van der Waals surface area (Å²) in [5.41, 5.74) is 8.04. The molecule has 0 N–H and O–H groups in total. The third-order valence-corrected chi connectivity index (χ3v) is 15.8. The minimum Gasteiger partial charge on any atom is -0.386 e. The van der Waals surface area contributed by atoms with Crippen molar-refractivity contribution in [3.05, 3.63) is 88.0 Å². The molecule has 9 rings (SSSR count). The molecule has 0 amide bonds. The van der Waals surface area contributed by atoms with E-state index in [1.54, 1.807) is 0 Å². The van der Waals surface area contributed by atoms with Crippen LogP contribution in [-0.2, 0) is 4.57 Å². The Morgan fingerprint density at radius 3 is 0.642 bits per heavy atom. The van der Waals surface area contributed by atoms with Gasteiger partial charge in [0.1, 0.15) is 17.2 Å². The average Bonchev–Trinajstić information content (AvgIpc) is 4.03. The lowest BCUT2D eigenvalue weighted by Gasteiger charge is -2.24. The summed E-state index contributed by atoms with van der Waals surface area (Å²) in [5.74, 6) is 5.15. The fraction of sp³-hybridized carbons (Fsp3) is 0.625. The number of hydrogen-bond donors (Lipinski definition) is 0. The predicted molar refractivity (Wildman–Crippen MR) is 216 cm³/mol. The molecule has 0 bridgehead atoms. The highest BCUT2D eigenvalue weighted by molar-refractivity contribution is 7.49. The first-order valence-corrected chi connectivity index (χ1v) is 23.6. The number of rotatable bonds is 12. The molecule has 3 aromatic rings. The number of phosphoric acid groups is 1.